The summed E-state index contributed by atoms with van der Waals surface area (Å²) in [6.07, 6.45) is 3.74. The molecule has 0 aromatic rings. The monoisotopic (exact) mass is 155 g/mol. The van der Waals surface area contributed by atoms with Gasteiger partial charge in [0.1, 0.15) is 5.78 Å². The van der Waals surface area contributed by atoms with E-state index < -0.39 is 0 Å². The van der Waals surface area contributed by atoms with E-state index in [2.05, 4.69) is 11.8 Å². The molecular formula is C9H17NO. The minimum Gasteiger partial charge on any atom is -0.299 e. The Morgan fingerprint density at radius 1 is 1.64 bits per heavy atom. The first kappa shape index (κ1) is 8.72. The van der Waals surface area contributed by atoms with Crippen LogP contribution in [-0.4, -0.2) is 29.8 Å². The quantitative estimate of drug-likeness (QED) is 0.615. The van der Waals surface area contributed by atoms with Gasteiger partial charge in [-0.05, 0) is 32.7 Å². The fraction of sp³-hybridized carbons (Fsp3) is 0.889. The summed E-state index contributed by atoms with van der Waals surface area (Å²) in [4.78, 5) is 13.1. The molecule has 1 saturated heterocycles. The Bertz CT molecular complexity index is 144. The van der Waals surface area contributed by atoms with Crippen molar-refractivity contribution >= 4 is 5.78 Å². The van der Waals surface area contributed by atoms with Crippen molar-refractivity contribution in [2.75, 3.05) is 13.1 Å². The average Bonchev–Trinajstić information content (AvgIpc) is 2.34. The van der Waals surface area contributed by atoms with Crippen LogP contribution in [0.3, 0.4) is 0 Å². The molecule has 2 nitrogen and oxygen atoms in total. The Hall–Kier alpha value is -0.370. The smallest absolute Gasteiger partial charge is 0.143 e. The van der Waals surface area contributed by atoms with Crippen molar-refractivity contribution in [3.05, 3.63) is 0 Å². The van der Waals surface area contributed by atoms with Crippen LogP contribution in [0.15, 0.2) is 0 Å². The van der Waals surface area contributed by atoms with Crippen LogP contribution >= 0.6 is 0 Å². The lowest BCUT2D eigenvalue weighted by Crippen LogP contribution is -2.32. The maximum atomic E-state index is 10.8. The molecule has 1 aliphatic rings. The highest BCUT2D eigenvalue weighted by Gasteiger charge is 2.22. The average molecular weight is 155 g/mol. The molecule has 0 spiro atoms. The topological polar surface area (TPSA) is 20.3 Å². The molecule has 1 fully saturated rings. The van der Waals surface area contributed by atoms with Crippen LogP contribution in [0.2, 0.25) is 0 Å². The van der Waals surface area contributed by atoms with Crippen molar-refractivity contribution in [1.29, 1.82) is 0 Å². The zero-order valence-corrected chi connectivity index (χ0v) is 7.47. The Morgan fingerprint density at radius 2 is 2.36 bits per heavy atom. The summed E-state index contributed by atoms with van der Waals surface area (Å²) in [6.45, 7) is 5.66. The molecular weight excluding hydrogens is 138 g/mol. The number of ketones is 1. The van der Waals surface area contributed by atoms with Gasteiger partial charge >= 0.3 is 0 Å². The van der Waals surface area contributed by atoms with Gasteiger partial charge in [-0.3, -0.25) is 9.69 Å². The van der Waals surface area contributed by atoms with Crippen LogP contribution in [-0.2, 0) is 4.79 Å². The first-order chi connectivity index (χ1) is 5.24. The first-order valence-corrected chi connectivity index (χ1v) is 4.47. The van der Waals surface area contributed by atoms with Crippen molar-refractivity contribution in [2.45, 2.75) is 39.2 Å². The van der Waals surface area contributed by atoms with Crippen LogP contribution in [0.25, 0.3) is 0 Å². The third-order valence-corrected chi connectivity index (χ3v) is 2.40. The number of carbonyl (C=O) groups is 1. The van der Waals surface area contributed by atoms with Gasteiger partial charge in [0, 0.05) is 6.04 Å². The van der Waals surface area contributed by atoms with Crippen LogP contribution in [0.5, 0.6) is 0 Å². The van der Waals surface area contributed by atoms with E-state index in [1.165, 1.54) is 19.3 Å². The molecule has 1 heterocycles. The summed E-state index contributed by atoms with van der Waals surface area (Å²) in [5.74, 6) is 0.297. The molecule has 0 radical (unpaired) electrons. The van der Waals surface area contributed by atoms with Gasteiger partial charge in [0.25, 0.3) is 0 Å². The standard InChI is InChI=1S/C9H17NO/c1-3-9-5-4-6-10(9)7-8(2)11/h9H,3-7H2,1-2H3. The Morgan fingerprint density at radius 3 is 2.91 bits per heavy atom. The van der Waals surface area contributed by atoms with Crippen molar-refractivity contribution in [2.24, 2.45) is 0 Å². The van der Waals surface area contributed by atoms with E-state index >= 15 is 0 Å². The number of hydrogen-bond acceptors (Lipinski definition) is 2. The first-order valence-electron chi connectivity index (χ1n) is 4.47. The van der Waals surface area contributed by atoms with Crippen molar-refractivity contribution in [3.63, 3.8) is 0 Å². The molecule has 1 atom stereocenters. The highest BCUT2D eigenvalue weighted by molar-refractivity contribution is 5.77. The van der Waals surface area contributed by atoms with Crippen molar-refractivity contribution in [1.82, 2.24) is 4.90 Å². The van der Waals surface area contributed by atoms with E-state index in [-0.39, 0.29) is 0 Å². The lowest BCUT2D eigenvalue weighted by atomic mass is 10.2. The van der Waals surface area contributed by atoms with Crippen LogP contribution < -0.4 is 0 Å². The van der Waals surface area contributed by atoms with E-state index in [4.69, 9.17) is 0 Å². The fourth-order valence-corrected chi connectivity index (χ4v) is 1.85. The molecule has 11 heavy (non-hydrogen) atoms. The number of Topliss-reactive ketones (excluding diaryl/α,β-unsaturated/α-hetero) is 1. The van der Waals surface area contributed by atoms with Gasteiger partial charge in [-0.15, -0.1) is 0 Å². The number of likely N-dealkylation sites (tertiary alicyclic amines) is 1. The lowest BCUT2D eigenvalue weighted by molar-refractivity contribution is -0.118. The maximum absolute atomic E-state index is 10.8. The molecule has 0 saturated carbocycles. The van der Waals surface area contributed by atoms with E-state index in [1.807, 2.05) is 0 Å². The third-order valence-electron chi connectivity index (χ3n) is 2.40. The predicted molar refractivity (Wildman–Crippen MR) is 45.6 cm³/mol. The molecule has 0 amide bonds. The molecule has 0 N–H and O–H groups in total. The minimum atomic E-state index is 0.297. The number of nitrogens with zero attached hydrogens (tertiary/aromatic N) is 1. The highest BCUT2D eigenvalue weighted by Crippen LogP contribution is 2.18. The summed E-state index contributed by atoms with van der Waals surface area (Å²) in [5.41, 5.74) is 0. The van der Waals surface area contributed by atoms with Gasteiger partial charge in [0.15, 0.2) is 0 Å². The van der Waals surface area contributed by atoms with Crippen LogP contribution in [0.4, 0.5) is 0 Å². The lowest BCUT2D eigenvalue weighted by Gasteiger charge is -2.21. The Labute approximate surface area is 68.6 Å². The summed E-state index contributed by atoms with van der Waals surface area (Å²) in [7, 11) is 0. The largest absolute Gasteiger partial charge is 0.299 e. The Kier molecular flexibility index (Phi) is 3.06. The fourth-order valence-electron chi connectivity index (χ4n) is 1.85. The zero-order chi connectivity index (χ0) is 8.27. The van der Waals surface area contributed by atoms with Gasteiger partial charge < -0.3 is 0 Å². The van der Waals surface area contributed by atoms with E-state index in [1.54, 1.807) is 6.92 Å². The van der Waals surface area contributed by atoms with Gasteiger partial charge in [-0.1, -0.05) is 6.92 Å². The molecule has 1 rings (SSSR count). The number of rotatable bonds is 3. The van der Waals surface area contributed by atoms with Gasteiger partial charge in [0.05, 0.1) is 6.54 Å². The molecule has 1 unspecified atom stereocenters. The molecule has 0 aromatic heterocycles. The second-order valence-electron chi connectivity index (χ2n) is 3.38. The molecule has 64 valence electrons. The SMILES string of the molecule is CCC1CCCN1CC(C)=O. The molecule has 0 aromatic carbocycles. The molecule has 2 heteroatoms. The second-order valence-corrected chi connectivity index (χ2v) is 3.38. The van der Waals surface area contributed by atoms with Gasteiger partial charge in [0.2, 0.25) is 0 Å². The third kappa shape index (κ3) is 2.29. The molecule has 0 bridgehead atoms. The Balaban J connectivity index is 2.37. The van der Waals surface area contributed by atoms with Gasteiger partial charge in [-0.2, -0.15) is 0 Å². The van der Waals surface area contributed by atoms with Gasteiger partial charge in [-0.25, -0.2) is 0 Å². The zero-order valence-electron chi connectivity index (χ0n) is 7.47. The summed E-state index contributed by atoms with van der Waals surface area (Å²) in [5, 5.41) is 0. The maximum Gasteiger partial charge on any atom is 0.143 e. The summed E-state index contributed by atoms with van der Waals surface area (Å²) >= 11 is 0. The minimum absolute atomic E-state index is 0.297. The van der Waals surface area contributed by atoms with Crippen LogP contribution in [0, 0.1) is 0 Å². The highest BCUT2D eigenvalue weighted by atomic mass is 16.1. The molecule has 1 aliphatic heterocycles. The van der Waals surface area contributed by atoms with Crippen LogP contribution in [0.1, 0.15) is 33.1 Å². The van der Waals surface area contributed by atoms with E-state index in [9.17, 15) is 4.79 Å². The number of carbonyl (C=O) groups excluding carboxylic acids is 1. The van der Waals surface area contributed by atoms with Crippen molar-refractivity contribution in [3.8, 4) is 0 Å². The van der Waals surface area contributed by atoms with E-state index in [0.29, 0.717) is 18.4 Å². The van der Waals surface area contributed by atoms with E-state index in [0.717, 1.165) is 6.54 Å². The summed E-state index contributed by atoms with van der Waals surface area (Å²) in [6, 6.07) is 0.680. The molecule has 0 aliphatic carbocycles. The summed E-state index contributed by atoms with van der Waals surface area (Å²) < 4.78 is 0. The van der Waals surface area contributed by atoms with Crippen molar-refractivity contribution < 1.29 is 4.79 Å². The predicted octanol–water partition coefficient (Wildman–Crippen LogP) is 1.45. The second kappa shape index (κ2) is 3.86. The number of hydrogen-bond donors (Lipinski definition) is 0. The normalized spacial score (nSPS) is 25.8.